The van der Waals surface area contributed by atoms with Crippen molar-refractivity contribution < 1.29 is 9.47 Å². The Labute approximate surface area is 212 Å². The van der Waals surface area contributed by atoms with Crippen molar-refractivity contribution in [3.63, 3.8) is 0 Å². The molecule has 0 heterocycles. The van der Waals surface area contributed by atoms with Gasteiger partial charge in [-0.1, -0.05) is 60.7 Å². The molecule has 5 aromatic rings. The van der Waals surface area contributed by atoms with Crippen LogP contribution in [0.2, 0.25) is 0 Å². The molecular weight excluding hydrogens is 442 g/mol. The molecule has 0 N–H and O–H groups in total. The number of anilines is 3. The van der Waals surface area contributed by atoms with Gasteiger partial charge in [0, 0.05) is 17.1 Å². The second-order valence-electron chi connectivity index (χ2n) is 8.48. The van der Waals surface area contributed by atoms with Crippen LogP contribution >= 0.6 is 0 Å². The number of hydrogen-bond donors (Lipinski definition) is 0. The first kappa shape index (κ1) is 23.0. The standard InChI is InChI=1S/C33H27NO2/c1-25(2)26-13-15-27(16-14-26)34(28-17-21-32(22-18-28)35-30-9-5-3-6-10-30)29-19-23-33(24-20-29)36-31-11-7-4-8-12-31/h3-24H,1H2,2H3. The highest BCUT2D eigenvalue weighted by Crippen LogP contribution is 2.37. The molecule has 0 bridgehead atoms. The molecule has 5 aromatic carbocycles. The number of benzene rings is 5. The van der Waals surface area contributed by atoms with Crippen LogP contribution in [0.5, 0.6) is 23.0 Å². The van der Waals surface area contributed by atoms with Crippen LogP contribution in [0.1, 0.15) is 12.5 Å². The number of hydrogen-bond acceptors (Lipinski definition) is 3. The summed E-state index contributed by atoms with van der Waals surface area (Å²) in [4.78, 5) is 2.21. The molecule has 0 radical (unpaired) electrons. The zero-order valence-corrected chi connectivity index (χ0v) is 20.2. The minimum absolute atomic E-state index is 0.786. The van der Waals surface area contributed by atoms with E-state index in [2.05, 4.69) is 60.0 Å². The molecule has 0 aliphatic rings. The SMILES string of the molecule is C=C(C)c1ccc(N(c2ccc(Oc3ccccc3)cc2)c2ccc(Oc3ccccc3)cc2)cc1. The summed E-state index contributed by atoms with van der Waals surface area (Å²) in [6.07, 6.45) is 0. The molecule has 36 heavy (non-hydrogen) atoms. The minimum Gasteiger partial charge on any atom is -0.457 e. The fourth-order valence-electron chi connectivity index (χ4n) is 3.92. The third-order valence-electron chi connectivity index (χ3n) is 5.77. The van der Waals surface area contributed by atoms with E-state index in [1.54, 1.807) is 0 Å². The van der Waals surface area contributed by atoms with Crippen molar-refractivity contribution in [1.29, 1.82) is 0 Å². The average molecular weight is 470 g/mol. The van der Waals surface area contributed by atoms with Crippen molar-refractivity contribution in [2.45, 2.75) is 6.92 Å². The summed E-state index contributed by atoms with van der Waals surface area (Å²) in [6, 6.07) is 44.3. The Kier molecular flexibility index (Phi) is 6.81. The molecule has 3 heteroatoms. The molecule has 0 amide bonds. The van der Waals surface area contributed by atoms with Gasteiger partial charge in [0.1, 0.15) is 23.0 Å². The van der Waals surface area contributed by atoms with Crippen LogP contribution < -0.4 is 14.4 Å². The van der Waals surface area contributed by atoms with Gasteiger partial charge >= 0.3 is 0 Å². The topological polar surface area (TPSA) is 21.7 Å². The summed E-state index contributed by atoms with van der Waals surface area (Å²) >= 11 is 0. The van der Waals surface area contributed by atoms with E-state index in [1.807, 2.05) is 91.9 Å². The van der Waals surface area contributed by atoms with Crippen LogP contribution in [0.15, 0.2) is 140 Å². The molecule has 0 saturated carbocycles. The van der Waals surface area contributed by atoms with Crippen LogP contribution in [0.4, 0.5) is 17.1 Å². The third-order valence-corrected chi connectivity index (χ3v) is 5.77. The quantitative estimate of drug-likeness (QED) is 0.226. The van der Waals surface area contributed by atoms with Gasteiger partial charge in [0.2, 0.25) is 0 Å². The van der Waals surface area contributed by atoms with Crippen LogP contribution in [0.25, 0.3) is 5.57 Å². The Morgan fingerprint density at radius 2 is 0.806 bits per heavy atom. The molecule has 0 aromatic heterocycles. The summed E-state index contributed by atoms with van der Waals surface area (Å²) in [5.41, 5.74) is 5.26. The molecule has 0 fully saturated rings. The van der Waals surface area contributed by atoms with Crippen molar-refractivity contribution in [2.75, 3.05) is 4.90 Å². The highest BCUT2D eigenvalue weighted by Gasteiger charge is 2.13. The number of para-hydroxylation sites is 2. The second-order valence-corrected chi connectivity index (χ2v) is 8.48. The molecule has 5 rings (SSSR count). The zero-order chi connectivity index (χ0) is 24.7. The summed E-state index contributed by atoms with van der Waals surface area (Å²) in [5, 5.41) is 0. The molecule has 176 valence electrons. The predicted molar refractivity (Wildman–Crippen MR) is 149 cm³/mol. The highest BCUT2D eigenvalue weighted by atomic mass is 16.5. The van der Waals surface area contributed by atoms with E-state index in [0.29, 0.717) is 0 Å². The molecule has 0 saturated heterocycles. The fraction of sp³-hybridized carbons (Fsp3) is 0.0303. The number of ether oxygens (including phenoxy) is 2. The van der Waals surface area contributed by atoms with Crippen molar-refractivity contribution in [3.05, 3.63) is 146 Å². The molecular formula is C33H27NO2. The van der Waals surface area contributed by atoms with E-state index in [9.17, 15) is 0 Å². The lowest BCUT2D eigenvalue weighted by Gasteiger charge is -2.26. The van der Waals surface area contributed by atoms with E-state index < -0.39 is 0 Å². The molecule has 0 aliphatic heterocycles. The number of nitrogens with zero attached hydrogens (tertiary/aromatic N) is 1. The largest absolute Gasteiger partial charge is 0.457 e. The Bertz CT molecular complexity index is 1330. The normalized spacial score (nSPS) is 10.5. The Balaban J connectivity index is 1.45. The van der Waals surface area contributed by atoms with Gasteiger partial charge in [-0.05, 0) is 97.4 Å². The first-order valence-corrected chi connectivity index (χ1v) is 11.9. The second kappa shape index (κ2) is 10.7. The van der Waals surface area contributed by atoms with Gasteiger partial charge in [-0.15, -0.1) is 0 Å². The summed E-state index contributed by atoms with van der Waals surface area (Å²) in [7, 11) is 0. The summed E-state index contributed by atoms with van der Waals surface area (Å²) in [6.45, 7) is 6.08. The average Bonchev–Trinajstić information content (AvgIpc) is 2.92. The van der Waals surface area contributed by atoms with E-state index in [-0.39, 0.29) is 0 Å². The van der Waals surface area contributed by atoms with Crippen molar-refractivity contribution >= 4 is 22.6 Å². The van der Waals surface area contributed by atoms with E-state index in [0.717, 1.165) is 51.2 Å². The van der Waals surface area contributed by atoms with Gasteiger partial charge in [-0.25, -0.2) is 0 Å². The molecule has 0 spiro atoms. The fourth-order valence-corrected chi connectivity index (χ4v) is 3.92. The zero-order valence-electron chi connectivity index (χ0n) is 20.2. The summed E-state index contributed by atoms with van der Waals surface area (Å²) in [5.74, 6) is 3.20. The molecule has 0 atom stereocenters. The monoisotopic (exact) mass is 469 g/mol. The van der Waals surface area contributed by atoms with E-state index in [4.69, 9.17) is 9.47 Å². The Hall–Kier alpha value is -4.76. The highest BCUT2D eigenvalue weighted by molar-refractivity contribution is 5.78. The van der Waals surface area contributed by atoms with Gasteiger partial charge in [0.05, 0.1) is 0 Å². The van der Waals surface area contributed by atoms with Crippen molar-refractivity contribution in [1.82, 2.24) is 0 Å². The van der Waals surface area contributed by atoms with Crippen LogP contribution in [0.3, 0.4) is 0 Å². The van der Waals surface area contributed by atoms with Gasteiger partial charge in [0.25, 0.3) is 0 Å². The lowest BCUT2D eigenvalue weighted by atomic mass is 10.1. The van der Waals surface area contributed by atoms with E-state index in [1.165, 1.54) is 0 Å². The maximum Gasteiger partial charge on any atom is 0.127 e. The lowest BCUT2D eigenvalue weighted by Crippen LogP contribution is -2.09. The van der Waals surface area contributed by atoms with Gasteiger partial charge < -0.3 is 14.4 Å². The predicted octanol–water partition coefficient (Wildman–Crippen LogP) is 9.77. The first-order valence-electron chi connectivity index (χ1n) is 11.9. The van der Waals surface area contributed by atoms with Crippen LogP contribution in [-0.2, 0) is 0 Å². The molecule has 0 aliphatic carbocycles. The number of rotatable bonds is 8. The smallest absolute Gasteiger partial charge is 0.127 e. The lowest BCUT2D eigenvalue weighted by molar-refractivity contribution is 0.482. The Morgan fingerprint density at radius 1 is 0.472 bits per heavy atom. The Morgan fingerprint density at radius 3 is 1.17 bits per heavy atom. The van der Waals surface area contributed by atoms with Gasteiger partial charge in [0.15, 0.2) is 0 Å². The molecule has 3 nitrogen and oxygen atoms in total. The summed E-state index contributed by atoms with van der Waals surface area (Å²) < 4.78 is 12.0. The molecule has 0 unspecified atom stereocenters. The third kappa shape index (κ3) is 5.48. The van der Waals surface area contributed by atoms with Gasteiger partial charge in [-0.2, -0.15) is 0 Å². The minimum atomic E-state index is 0.786. The first-order chi connectivity index (χ1) is 17.7. The number of allylic oxidation sites excluding steroid dienone is 1. The van der Waals surface area contributed by atoms with Crippen LogP contribution in [-0.4, -0.2) is 0 Å². The van der Waals surface area contributed by atoms with Crippen LogP contribution in [0, 0.1) is 0 Å². The maximum atomic E-state index is 5.99. The van der Waals surface area contributed by atoms with E-state index >= 15 is 0 Å². The maximum absolute atomic E-state index is 5.99. The van der Waals surface area contributed by atoms with Gasteiger partial charge in [-0.3, -0.25) is 0 Å². The van der Waals surface area contributed by atoms with Crippen molar-refractivity contribution in [3.8, 4) is 23.0 Å². The van der Waals surface area contributed by atoms with Crippen molar-refractivity contribution in [2.24, 2.45) is 0 Å².